The molecule has 2 aromatic carbocycles. The van der Waals surface area contributed by atoms with Gasteiger partial charge in [0.05, 0.1) is 10.5 Å². The summed E-state index contributed by atoms with van der Waals surface area (Å²) in [6, 6.07) is 18.1. The Kier molecular flexibility index (Phi) is 4.98. The third-order valence-electron chi connectivity index (χ3n) is 4.81. The van der Waals surface area contributed by atoms with Crippen LogP contribution in [-0.2, 0) is 0 Å². The first-order chi connectivity index (χ1) is 15.2. The number of nitrogens with zero attached hydrogens (tertiary/aromatic N) is 4. The molecule has 0 saturated heterocycles. The third-order valence-corrected chi connectivity index (χ3v) is 5.10. The van der Waals surface area contributed by atoms with Crippen LogP contribution in [0.3, 0.4) is 0 Å². The van der Waals surface area contributed by atoms with Gasteiger partial charge in [-0.15, -0.1) is 0 Å². The number of hydrogen-bond donors (Lipinski definition) is 1. The van der Waals surface area contributed by atoms with Crippen LogP contribution >= 0.6 is 11.6 Å². The average Bonchev–Trinajstić information content (AvgIpc) is 2.82. The Morgan fingerprint density at radius 3 is 2.42 bits per heavy atom. The van der Waals surface area contributed by atoms with Gasteiger partial charge < -0.3 is 5.32 Å². The van der Waals surface area contributed by atoms with Crippen LogP contribution in [0.15, 0.2) is 85.5 Å². The van der Waals surface area contributed by atoms with Crippen molar-refractivity contribution in [2.45, 2.75) is 0 Å². The fourth-order valence-corrected chi connectivity index (χ4v) is 3.46. The first kappa shape index (κ1) is 19.1. The highest BCUT2D eigenvalue weighted by Crippen LogP contribution is 2.31. The van der Waals surface area contributed by atoms with Crippen LogP contribution in [0.1, 0.15) is 0 Å². The van der Waals surface area contributed by atoms with Crippen LogP contribution in [0.2, 0.25) is 5.02 Å². The Hall–Kier alpha value is -3.90. The SMILES string of the molecule is Fc1ccc(Nc2nc(-c3cccnc3)nc3ccc(-c4ccncc4)cc23)cc1Cl. The van der Waals surface area contributed by atoms with Crippen LogP contribution in [0.5, 0.6) is 0 Å². The number of halogens is 2. The lowest BCUT2D eigenvalue weighted by Gasteiger charge is -2.13. The molecule has 5 nitrogen and oxygen atoms in total. The number of fused-ring (bicyclic) bond motifs is 1. The highest BCUT2D eigenvalue weighted by atomic mass is 35.5. The molecule has 0 aliphatic heterocycles. The summed E-state index contributed by atoms with van der Waals surface area (Å²) in [5.74, 6) is 0.645. The zero-order valence-corrected chi connectivity index (χ0v) is 16.9. The topological polar surface area (TPSA) is 63.6 Å². The van der Waals surface area contributed by atoms with Gasteiger partial charge in [0.1, 0.15) is 11.6 Å². The Morgan fingerprint density at radius 1 is 0.774 bits per heavy atom. The molecular weight excluding hydrogens is 413 g/mol. The van der Waals surface area contributed by atoms with Gasteiger partial charge in [0.2, 0.25) is 0 Å². The smallest absolute Gasteiger partial charge is 0.163 e. The van der Waals surface area contributed by atoms with Gasteiger partial charge in [-0.2, -0.15) is 0 Å². The van der Waals surface area contributed by atoms with Gasteiger partial charge >= 0.3 is 0 Å². The van der Waals surface area contributed by atoms with Crippen molar-refractivity contribution in [2.24, 2.45) is 0 Å². The van der Waals surface area contributed by atoms with Crippen molar-refractivity contribution in [1.29, 1.82) is 0 Å². The molecule has 5 rings (SSSR count). The van der Waals surface area contributed by atoms with E-state index >= 15 is 0 Å². The monoisotopic (exact) mass is 427 g/mol. The number of rotatable bonds is 4. The van der Waals surface area contributed by atoms with Crippen molar-refractivity contribution in [2.75, 3.05) is 5.32 Å². The predicted octanol–water partition coefficient (Wildman–Crippen LogP) is 6.29. The van der Waals surface area contributed by atoms with E-state index in [0.717, 1.165) is 27.6 Å². The number of hydrogen-bond acceptors (Lipinski definition) is 5. The van der Waals surface area contributed by atoms with Gasteiger partial charge in [-0.1, -0.05) is 17.7 Å². The van der Waals surface area contributed by atoms with Crippen LogP contribution in [0.4, 0.5) is 15.9 Å². The Morgan fingerprint density at radius 2 is 1.65 bits per heavy atom. The molecule has 3 heterocycles. The summed E-state index contributed by atoms with van der Waals surface area (Å²) in [4.78, 5) is 17.7. The van der Waals surface area contributed by atoms with Crippen LogP contribution in [0.25, 0.3) is 33.4 Å². The Labute approximate surface area is 182 Å². The van der Waals surface area contributed by atoms with Crippen molar-refractivity contribution in [3.63, 3.8) is 0 Å². The van der Waals surface area contributed by atoms with E-state index in [9.17, 15) is 4.39 Å². The summed E-state index contributed by atoms with van der Waals surface area (Å²) in [6.07, 6.45) is 6.92. The molecule has 150 valence electrons. The molecule has 0 saturated carbocycles. The van der Waals surface area contributed by atoms with Gasteiger partial charge in [-0.25, -0.2) is 14.4 Å². The number of benzene rings is 2. The molecule has 0 bridgehead atoms. The van der Waals surface area contributed by atoms with Crippen LogP contribution in [0, 0.1) is 5.82 Å². The third kappa shape index (κ3) is 3.93. The van der Waals surface area contributed by atoms with E-state index in [1.54, 1.807) is 30.9 Å². The van der Waals surface area contributed by atoms with E-state index in [0.29, 0.717) is 17.3 Å². The molecule has 1 N–H and O–H groups in total. The number of pyridine rings is 2. The first-order valence-corrected chi connectivity index (χ1v) is 9.90. The highest BCUT2D eigenvalue weighted by Gasteiger charge is 2.12. The van der Waals surface area contributed by atoms with E-state index in [2.05, 4.69) is 15.3 Å². The van der Waals surface area contributed by atoms with Gasteiger partial charge in [0.15, 0.2) is 5.82 Å². The summed E-state index contributed by atoms with van der Waals surface area (Å²) >= 11 is 5.97. The lowest BCUT2D eigenvalue weighted by atomic mass is 10.0. The van der Waals surface area contributed by atoms with E-state index in [1.165, 1.54) is 12.1 Å². The second-order valence-electron chi connectivity index (χ2n) is 6.86. The minimum atomic E-state index is -0.476. The maximum absolute atomic E-state index is 13.6. The predicted molar refractivity (Wildman–Crippen MR) is 121 cm³/mol. The molecule has 3 aromatic heterocycles. The fraction of sp³-hybridized carbons (Fsp3) is 0. The number of anilines is 2. The minimum absolute atomic E-state index is 0.0355. The molecule has 0 aliphatic rings. The van der Waals surface area contributed by atoms with E-state index in [4.69, 9.17) is 21.6 Å². The Balaban J connectivity index is 1.68. The largest absolute Gasteiger partial charge is 0.340 e. The van der Waals surface area contributed by atoms with Crippen molar-refractivity contribution < 1.29 is 4.39 Å². The van der Waals surface area contributed by atoms with Crippen molar-refractivity contribution >= 4 is 34.0 Å². The molecule has 0 fully saturated rings. The minimum Gasteiger partial charge on any atom is -0.340 e. The van der Waals surface area contributed by atoms with Crippen molar-refractivity contribution in [3.05, 3.63) is 96.3 Å². The number of aromatic nitrogens is 4. The molecule has 0 unspecified atom stereocenters. The standard InChI is InChI=1S/C24H15ClFN5/c25-20-13-18(4-5-21(20)26)29-24-19-12-16(15-7-10-27-11-8-15)3-6-22(19)30-23(31-24)17-2-1-9-28-14-17/h1-14H,(H,29,30,31). The Bertz CT molecular complexity index is 1380. The first-order valence-electron chi connectivity index (χ1n) is 9.52. The van der Waals surface area contributed by atoms with E-state index in [-0.39, 0.29) is 5.02 Å². The maximum atomic E-state index is 13.6. The number of nitrogens with one attached hydrogen (secondary N) is 1. The molecule has 0 aliphatic carbocycles. The van der Waals surface area contributed by atoms with Crippen LogP contribution in [-0.4, -0.2) is 19.9 Å². The van der Waals surface area contributed by atoms with Gasteiger partial charge in [-0.05, 0) is 65.7 Å². The summed E-state index contributed by atoms with van der Waals surface area (Å²) < 4.78 is 13.6. The molecule has 7 heteroatoms. The fourth-order valence-electron chi connectivity index (χ4n) is 3.28. The second-order valence-corrected chi connectivity index (χ2v) is 7.27. The lowest BCUT2D eigenvalue weighted by Crippen LogP contribution is -2.00. The summed E-state index contributed by atoms with van der Waals surface area (Å²) in [5, 5.41) is 4.13. The molecule has 0 spiro atoms. The molecule has 5 aromatic rings. The molecule has 0 radical (unpaired) electrons. The van der Waals surface area contributed by atoms with Gasteiger partial charge in [-0.3, -0.25) is 9.97 Å². The summed E-state index contributed by atoms with van der Waals surface area (Å²) in [6.45, 7) is 0. The van der Waals surface area contributed by atoms with Gasteiger partial charge in [0, 0.05) is 41.4 Å². The zero-order valence-electron chi connectivity index (χ0n) is 16.1. The summed E-state index contributed by atoms with van der Waals surface area (Å²) in [7, 11) is 0. The molecule has 0 amide bonds. The zero-order chi connectivity index (χ0) is 21.2. The molecular formula is C24H15ClFN5. The normalized spacial score (nSPS) is 10.9. The van der Waals surface area contributed by atoms with Gasteiger partial charge in [0.25, 0.3) is 0 Å². The maximum Gasteiger partial charge on any atom is 0.163 e. The molecule has 0 atom stereocenters. The van der Waals surface area contributed by atoms with Crippen molar-refractivity contribution in [3.8, 4) is 22.5 Å². The lowest BCUT2D eigenvalue weighted by molar-refractivity contribution is 0.628. The van der Waals surface area contributed by atoms with Crippen LogP contribution < -0.4 is 5.32 Å². The molecule has 31 heavy (non-hydrogen) atoms. The second kappa shape index (κ2) is 8.08. The van der Waals surface area contributed by atoms with Crippen molar-refractivity contribution in [1.82, 2.24) is 19.9 Å². The van der Waals surface area contributed by atoms with E-state index < -0.39 is 5.82 Å². The summed E-state index contributed by atoms with van der Waals surface area (Å²) in [5.41, 5.74) is 4.22. The van der Waals surface area contributed by atoms with E-state index in [1.807, 2.05) is 42.5 Å². The average molecular weight is 428 g/mol. The quantitative estimate of drug-likeness (QED) is 0.365. The highest BCUT2D eigenvalue weighted by molar-refractivity contribution is 6.31.